The van der Waals surface area contributed by atoms with Gasteiger partial charge in [0.15, 0.2) is 0 Å². The van der Waals surface area contributed by atoms with Crippen molar-refractivity contribution >= 4 is 23.2 Å². The summed E-state index contributed by atoms with van der Waals surface area (Å²) in [6.07, 6.45) is 7.95. The highest BCUT2D eigenvalue weighted by molar-refractivity contribution is 5.79. The standard InChI is InChI=1S/C22H19N5O/c1-15-19-12-7-13-20(26(19)14-23-15)25-22-24-18-11-6-5-10-17(18)21(28)27(22)16-8-3-2-4-9-16/h2-15,19H,1H3,(H,24,25). The van der Waals surface area contributed by atoms with E-state index in [-0.39, 0.29) is 17.6 Å². The van der Waals surface area contributed by atoms with E-state index >= 15 is 0 Å². The molecule has 2 aromatic carbocycles. The molecular formula is C22H19N5O. The first-order valence-electron chi connectivity index (χ1n) is 9.27. The molecule has 0 radical (unpaired) electrons. The zero-order valence-corrected chi connectivity index (χ0v) is 15.4. The Morgan fingerprint density at radius 1 is 1.04 bits per heavy atom. The summed E-state index contributed by atoms with van der Waals surface area (Å²) in [5.41, 5.74) is 1.32. The van der Waals surface area contributed by atoms with Gasteiger partial charge < -0.3 is 10.2 Å². The van der Waals surface area contributed by atoms with E-state index in [4.69, 9.17) is 4.98 Å². The van der Waals surface area contributed by atoms with Gasteiger partial charge in [-0.25, -0.2) is 9.55 Å². The Bertz CT molecular complexity index is 1190. The van der Waals surface area contributed by atoms with Gasteiger partial charge in [-0.05, 0) is 37.3 Å². The van der Waals surface area contributed by atoms with Gasteiger partial charge in [-0.3, -0.25) is 9.79 Å². The molecule has 1 N–H and O–H groups in total. The molecule has 3 heterocycles. The molecule has 28 heavy (non-hydrogen) atoms. The van der Waals surface area contributed by atoms with Crippen molar-refractivity contribution < 1.29 is 0 Å². The number of aliphatic imine (C=N–C) groups is 1. The second-order valence-corrected chi connectivity index (χ2v) is 6.89. The number of allylic oxidation sites excluding steroid dienone is 2. The lowest BCUT2D eigenvalue weighted by Gasteiger charge is -2.29. The van der Waals surface area contributed by atoms with Crippen LogP contribution in [0.5, 0.6) is 0 Å². The number of anilines is 1. The summed E-state index contributed by atoms with van der Waals surface area (Å²) < 4.78 is 1.62. The minimum atomic E-state index is -0.105. The van der Waals surface area contributed by atoms with E-state index in [1.54, 1.807) is 10.6 Å². The lowest BCUT2D eigenvalue weighted by Crippen LogP contribution is -2.38. The average molecular weight is 369 g/mol. The number of fused-ring (bicyclic) bond motifs is 2. The second-order valence-electron chi connectivity index (χ2n) is 6.89. The van der Waals surface area contributed by atoms with Gasteiger partial charge in [0.25, 0.3) is 5.56 Å². The van der Waals surface area contributed by atoms with E-state index < -0.39 is 0 Å². The Morgan fingerprint density at radius 3 is 2.68 bits per heavy atom. The van der Waals surface area contributed by atoms with Crippen molar-refractivity contribution in [1.29, 1.82) is 0 Å². The molecule has 6 nitrogen and oxygen atoms in total. The van der Waals surface area contributed by atoms with Crippen LogP contribution in [0.3, 0.4) is 0 Å². The van der Waals surface area contributed by atoms with Crippen LogP contribution in [-0.4, -0.2) is 32.9 Å². The lowest BCUT2D eigenvalue weighted by molar-refractivity contribution is 0.434. The predicted molar refractivity (Wildman–Crippen MR) is 112 cm³/mol. The smallest absolute Gasteiger partial charge is 0.267 e. The number of para-hydroxylation sites is 2. The minimum absolute atomic E-state index is 0.105. The third-order valence-electron chi connectivity index (χ3n) is 5.11. The first-order valence-corrected chi connectivity index (χ1v) is 9.27. The molecule has 0 aliphatic carbocycles. The molecular weight excluding hydrogens is 350 g/mol. The van der Waals surface area contributed by atoms with Crippen molar-refractivity contribution in [3.63, 3.8) is 0 Å². The molecule has 0 fully saturated rings. The summed E-state index contributed by atoms with van der Waals surface area (Å²) >= 11 is 0. The normalized spacial score (nSPS) is 20.3. The largest absolute Gasteiger partial charge is 0.311 e. The number of benzene rings is 2. The SMILES string of the molecule is CC1N=CN2C(Nc3nc4ccccc4c(=O)n3-c3ccccc3)=CC=CC12. The molecule has 2 aliphatic heterocycles. The zero-order chi connectivity index (χ0) is 19.1. The highest BCUT2D eigenvalue weighted by Crippen LogP contribution is 2.25. The predicted octanol–water partition coefficient (Wildman–Crippen LogP) is 3.31. The molecule has 0 saturated carbocycles. The Hall–Kier alpha value is -3.67. The monoisotopic (exact) mass is 369 g/mol. The van der Waals surface area contributed by atoms with Crippen LogP contribution >= 0.6 is 0 Å². The van der Waals surface area contributed by atoms with Gasteiger partial charge in [0.2, 0.25) is 5.95 Å². The quantitative estimate of drug-likeness (QED) is 0.769. The maximum absolute atomic E-state index is 13.3. The van der Waals surface area contributed by atoms with Gasteiger partial charge in [-0.15, -0.1) is 0 Å². The van der Waals surface area contributed by atoms with Crippen molar-refractivity contribution in [2.24, 2.45) is 4.99 Å². The van der Waals surface area contributed by atoms with E-state index in [9.17, 15) is 4.79 Å². The number of hydrogen-bond acceptors (Lipinski definition) is 5. The van der Waals surface area contributed by atoms with Crippen LogP contribution in [0.25, 0.3) is 16.6 Å². The number of aromatic nitrogens is 2. The van der Waals surface area contributed by atoms with E-state index in [1.807, 2.05) is 67.0 Å². The molecule has 0 bridgehead atoms. The van der Waals surface area contributed by atoms with Crippen LogP contribution < -0.4 is 10.9 Å². The maximum Gasteiger partial charge on any atom is 0.267 e. The number of nitrogens with zero attached hydrogens (tertiary/aromatic N) is 4. The van der Waals surface area contributed by atoms with Crippen LogP contribution in [0.1, 0.15) is 6.92 Å². The van der Waals surface area contributed by atoms with Crippen LogP contribution in [0.2, 0.25) is 0 Å². The van der Waals surface area contributed by atoms with Crippen molar-refractivity contribution in [2.75, 3.05) is 5.32 Å². The van der Waals surface area contributed by atoms with Gasteiger partial charge >= 0.3 is 0 Å². The highest BCUT2D eigenvalue weighted by atomic mass is 16.1. The van der Waals surface area contributed by atoms with Gasteiger partial charge in [0, 0.05) is 0 Å². The molecule has 2 aliphatic rings. The number of hydrogen-bond donors (Lipinski definition) is 1. The first kappa shape index (κ1) is 16.5. The summed E-state index contributed by atoms with van der Waals surface area (Å²) in [4.78, 5) is 24.6. The molecule has 2 unspecified atom stereocenters. The van der Waals surface area contributed by atoms with E-state index in [0.29, 0.717) is 16.9 Å². The van der Waals surface area contributed by atoms with Crippen LogP contribution in [0.15, 0.2) is 88.4 Å². The summed E-state index contributed by atoms with van der Waals surface area (Å²) in [5.74, 6) is 1.32. The van der Waals surface area contributed by atoms with Gasteiger partial charge in [-0.2, -0.15) is 0 Å². The Morgan fingerprint density at radius 2 is 1.82 bits per heavy atom. The fourth-order valence-corrected chi connectivity index (χ4v) is 3.65. The first-order chi connectivity index (χ1) is 13.7. The van der Waals surface area contributed by atoms with Crippen molar-refractivity contribution in [2.45, 2.75) is 19.0 Å². The molecule has 138 valence electrons. The number of rotatable bonds is 3. The van der Waals surface area contributed by atoms with Gasteiger partial charge in [0.05, 0.1) is 35.0 Å². The second kappa shape index (κ2) is 6.49. The minimum Gasteiger partial charge on any atom is -0.311 e. The van der Waals surface area contributed by atoms with Gasteiger partial charge in [0.1, 0.15) is 5.82 Å². The molecule has 0 spiro atoms. The molecule has 0 saturated heterocycles. The fraction of sp³-hybridized carbons (Fsp3) is 0.136. The average Bonchev–Trinajstić information content (AvgIpc) is 3.11. The maximum atomic E-state index is 13.3. The summed E-state index contributed by atoms with van der Waals surface area (Å²) in [6.45, 7) is 2.09. The third-order valence-corrected chi connectivity index (χ3v) is 5.11. The van der Waals surface area contributed by atoms with Crippen LogP contribution in [0.4, 0.5) is 5.95 Å². The summed E-state index contributed by atoms with van der Waals surface area (Å²) in [5, 5.41) is 3.96. The topological polar surface area (TPSA) is 62.5 Å². The highest BCUT2D eigenvalue weighted by Gasteiger charge is 2.30. The van der Waals surface area contributed by atoms with E-state index in [2.05, 4.69) is 28.2 Å². The third kappa shape index (κ3) is 2.62. The van der Waals surface area contributed by atoms with Crippen molar-refractivity contribution in [1.82, 2.24) is 14.5 Å². The molecule has 0 amide bonds. The molecule has 3 aromatic rings. The van der Waals surface area contributed by atoms with E-state index in [1.165, 1.54) is 0 Å². The molecule has 2 atom stereocenters. The van der Waals surface area contributed by atoms with Gasteiger partial charge in [-0.1, -0.05) is 42.5 Å². The Labute approximate surface area is 162 Å². The number of nitrogens with one attached hydrogen (secondary N) is 1. The van der Waals surface area contributed by atoms with Crippen molar-refractivity contribution in [3.8, 4) is 5.69 Å². The Kier molecular flexibility index (Phi) is 3.83. The fourth-order valence-electron chi connectivity index (χ4n) is 3.65. The summed E-state index contributed by atoms with van der Waals surface area (Å²) in [6, 6.07) is 17.3. The molecule has 5 rings (SSSR count). The van der Waals surface area contributed by atoms with E-state index in [0.717, 1.165) is 11.5 Å². The molecule has 1 aromatic heterocycles. The molecule has 6 heteroatoms. The van der Waals surface area contributed by atoms with Crippen LogP contribution in [0, 0.1) is 0 Å². The van der Waals surface area contributed by atoms with Crippen LogP contribution in [-0.2, 0) is 0 Å². The summed E-state index contributed by atoms with van der Waals surface area (Å²) in [7, 11) is 0. The zero-order valence-electron chi connectivity index (χ0n) is 15.4. The Balaban J connectivity index is 1.67. The van der Waals surface area contributed by atoms with Crippen molar-refractivity contribution in [3.05, 3.63) is 89.0 Å². The lowest BCUT2D eigenvalue weighted by atomic mass is 10.1.